The molecule has 6 fully saturated rings. The van der Waals surface area contributed by atoms with E-state index in [1.165, 1.54) is 221 Å². The third-order valence-electron chi connectivity index (χ3n) is 33.0. The molecule has 6 bridgehead atoms. The van der Waals surface area contributed by atoms with Crippen molar-refractivity contribution in [2.45, 2.75) is 225 Å². The van der Waals surface area contributed by atoms with E-state index >= 15 is 0 Å². The summed E-state index contributed by atoms with van der Waals surface area (Å²) in [6, 6.07) is 70.4. The first-order chi connectivity index (χ1) is 54.0. The lowest BCUT2D eigenvalue weighted by Crippen LogP contribution is -2.45. The Hall–Kier alpha value is -8.13. The Bertz CT molecular complexity index is 5810. The molecule has 3 aromatic heterocycles. The van der Waals surface area contributed by atoms with Crippen LogP contribution in [0.2, 0.25) is 0 Å². The summed E-state index contributed by atoms with van der Waals surface area (Å²) in [5.74, 6) is 0.760. The van der Waals surface area contributed by atoms with E-state index in [9.17, 15) is 4.79 Å². The fourth-order valence-electron chi connectivity index (χ4n) is 27.6. The fraction of sp³-hybridized carbons (Fsp3) is 0.400. The van der Waals surface area contributed by atoms with Crippen molar-refractivity contribution in [3.8, 4) is 82.3 Å². The van der Waals surface area contributed by atoms with Gasteiger partial charge in [0.05, 0.1) is 6.61 Å². The van der Waals surface area contributed by atoms with Gasteiger partial charge in [-0.2, -0.15) is 0 Å². The molecule has 6 saturated carbocycles. The van der Waals surface area contributed by atoms with Crippen LogP contribution in [-0.2, 0) is 25.8 Å². The molecule has 562 valence electrons. The summed E-state index contributed by atoms with van der Waals surface area (Å²) < 4.78 is 17.2. The van der Waals surface area contributed by atoms with Crippen molar-refractivity contribution in [3.63, 3.8) is 0 Å². The van der Waals surface area contributed by atoms with Crippen LogP contribution in [0.1, 0.15) is 235 Å². The molecule has 0 aliphatic heterocycles. The number of hydrogen-bond donors (Lipinski definition) is 0. The number of benzene rings is 9. The smallest absolute Gasteiger partial charge is 0.306 e. The third kappa shape index (κ3) is 9.34. The number of fused-ring (bicyclic) bond motifs is 15. The van der Waals surface area contributed by atoms with Gasteiger partial charge in [-0.15, -0.1) is 34.0 Å². The maximum atomic E-state index is 12.1. The zero-order valence-corrected chi connectivity index (χ0v) is 68.9. The second-order valence-corrected chi connectivity index (χ2v) is 40.1. The van der Waals surface area contributed by atoms with Crippen LogP contribution < -0.4 is 4.74 Å². The van der Waals surface area contributed by atoms with E-state index < -0.39 is 6.10 Å². The van der Waals surface area contributed by atoms with Gasteiger partial charge < -0.3 is 9.47 Å². The van der Waals surface area contributed by atoms with Gasteiger partial charge in [0.1, 0.15) is 11.9 Å². The minimum atomic E-state index is -0.401. The van der Waals surface area contributed by atoms with E-state index in [0.717, 1.165) is 44.5 Å². The van der Waals surface area contributed by atoms with Crippen LogP contribution in [-0.4, -0.2) is 18.7 Å². The number of carbonyl (C=O) groups excluding carboxylic acids is 1. The molecule has 3 heterocycles. The zero-order chi connectivity index (χ0) is 75.4. The molecule has 0 saturated heterocycles. The maximum Gasteiger partial charge on any atom is 0.306 e. The zero-order valence-electron chi connectivity index (χ0n) is 66.4. The summed E-state index contributed by atoms with van der Waals surface area (Å²) in [6.07, 6.45) is 31.3. The summed E-state index contributed by atoms with van der Waals surface area (Å²) in [7, 11) is 0. The van der Waals surface area contributed by atoms with Gasteiger partial charge in [-0.25, -0.2) is 0 Å². The van der Waals surface area contributed by atoms with Crippen molar-refractivity contribution < 1.29 is 14.3 Å². The van der Waals surface area contributed by atoms with Gasteiger partial charge in [0.25, 0.3) is 0 Å². The Labute approximate surface area is 670 Å². The van der Waals surface area contributed by atoms with E-state index in [1.54, 1.807) is 62.2 Å². The lowest BCUT2D eigenvalue weighted by Gasteiger charge is -2.48. The first-order valence-electron chi connectivity index (χ1n) is 42.9. The molecule has 9 aromatic carbocycles. The molecule has 3 spiro atoms. The van der Waals surface area contributed by atoms with Crippen molar-refractivity contribution in [2.24, 2.45) is 32.5 Å². The van der Waals surface area contributed by atoms with E-state index in [0.29, 0.717) is 6.42 Å². The van der Waals surface area contributed by atoms with Crippen LogP contribution in [0.5, 0.6) is 5.75 Å². The summed E-state index contributed by atoms with van der Waals surface area (Å²) in [5.41, 5.74) is 29.4. The number of unbranched alkanes of at least 4 members (excludes halogenated alkanes) is 6. The summed E-state index contributed by atoms with van der Waals surface area (Å²) in [6.45, 7) is 26.1. The molecule has 0 N–H and O–H groups in total. The highest BCUT2D eigenvalue weighted by molar-refractivity contribution is 7.27. The molecule has 0 atom stereocenters. The van der Waals surface area contributed by atoms with Gasteiger partial charge >= 0.3 is 5.97 Å². The van der Waals surface area contributed by atoms with Crippen molar-refractivity contribution in [3.05, 3.63) is 234 Å². The first-order valence-corrected chi connectivity index (χ1v) is 45.4. The molecule has 0 radical (unpaired) electrons. The third-order valence-corrected chi connectivity index (χ3v) is 36.4. The quantitative estimate of drug-likeness (QED) is 0.0385. The predicted octanol–water partition coefficient (Wildman–Crippen LogP) is 30.4. The molecule has 9 aliphatic carbocycles. The maximum absolute atomic E-state index is 12.1. The van der Waals surface area contributed by atoms with Crippen LogP contribution in [0, 0.1) is 39.4 Å². The van der Waals surface area contributed by atoms with Crippen LogP contribution in [0.4, 0.5) is 0 Å². The summed E-state index contributed by atoms with van der Waals surface area (Å²) >= 11 is 5.85. The summed E-state index contributed by atoms with van der Waals surface area (Å²) in [4.78, 5) is 14.7. The Balaban J connectivity index is 0.605. The standard InChI is InChI=1S/C105H106O3S3/c1-10-72(11-2)108-96(106)23-21-19-17-16-18-20-22-54-107-73-32-25-66(26-33-73)90-40-41-91(109-90)71-31-38-75-74-35-27-67(56-84(74)103(85(75)59-71)97(8)42-44-98(103,9)45-43-97)68-28-36-76-80-61-89-81(62-88(80)104(86(76)57-68)99(12-3)46-48-100(104,13-4)49-47-99)77-37-29-69(58-87(77)105(89)101(14-5)50-52-102(105,15-6)53-51-101)70-30-39-79-83-64-94-82(63-95(83)111-93(79)60-70)78-34-24-65(7)55-92(78)110-94/h10-11,24-41,55-64,72H,1-2,12-23,42-54H2,3-9H3. The van der Waals surface area contributed by atoms with Gasteiger partial charge in [0.2, 0.25) is 0 Å². The van der Waals surface area contributed by atoms with Gasteiger partial charge in [-0.1, -0.05) is 160 Å². The highest BCUT2D eigenvalue weighted by atomic mass is 32.1. The SMILES string of the molecule is C=CC(C=C)OC(=O)CCCCCCCCCOc1ccc(-c2ccc(-c3ccc4c(c3)C3(c5cc(-c6ccc7c(c6)C6(c8cc9c(cc8-7)C7(c8cc(-c%10ccc%11c(c%10)sc%10cc%12c(cc%10%11)sc%10cc(C)ccc%10%12)ccc8-9)C8(CC)CCC7(CC)CC8)C7(CC)CCC6(CC)CC7)ccc5-4)C4(C)CCC3(C)CC4)s2)cc1. The van der Waals surface area contributed by atoms with Gasteiger partial charge in [0, 0.05) is 72.8 Å². The molecular formula is C105H106O3S3. The number of hydrogen-bond acceptors (Lipinski definition) is 6. The highest BCUT2D eigenvalue weighted by Crippen LogP contribution is 2.85. The van der Waals surface area contributed by atoms with Crippen LogP contribution in [0.15, 0.2) is 195 Å². The highest BCUT2D eigenvalue weighted by Gasteiger charge is 2.77. The number of thiophene rings is 3. The van der Waals surface area contributed by atoms with Crippen LogP contribution >= 0.6 is 34.0 Å². The lowest BCUT2D eigenvalue weighted by molar-refractivity contribution is -0.145. The van der Waals surface area contributed by atoms with Crippen molar-refractivity contribution in [2.75, 3.05) is 6.61 Å². The molecule has 12 aromatic rings. The Morgan fingerprint density at radius 3 is 1.24 bits per heavy atom. The fourth-order valence-corrected chi connectivity index (χ4v) is 31.0. The van der Waals surface area contributed by atoms with Crippen molar-refractivity contribution in [1.82, 2.24) is 0 Å². The van der Waals surface area contributed by atoms with E-state index in [-0.39, 0.29) is 54.7 Å². The summed E-state index contributed by atoms with van der Waals surface area (Å²) in [5, 5.41) is 5.56. The molecule has 0 amide bonds. The molecule has 9 aliphatic rings. The molecule has 3 nitrogen and oxygen atoms in total. The number of aryl methyl sites for hydroxylation is 1. The normalized spacial score (nSPS) is 27.6. The number of carbonyl (C=O) groups is 1. The van der Waals surface area contributed by atoms with Crippen LogP contribution in [0.25, 0.3) is 117 Å². The minimum Gasteiger partial charge on any atom is -0.494 e. The largest absolute Gasteiger partial charge is 0.494 e. The van der Waals surface area contributed by atoms with Gasteiger partial charge in [0.15, 0.2) is 0 Å². The predicted molar refractivity (Wildman–Crippen MR) is 470 cm³/mol. The van der Waals surface area contributed by atoms with E-state index in [4.69, 9.17) is 9.47 Å². The average molecular weight is 1510 g/mol. The molecule has 6 heteroatoms. The average Bonchev–Trinajstić information content (AvgIpc) is 1.46. The van der Waals surface area contributed by atoms with E-state index in [2.05, 4.69) is 231 Å². The topological polar surface area (TPSA) is 35.5 Å². The van der Waals surface area contributed by atoms with Gasteiger partial charge in [-0.05, 0) is 370 Å². The molecule has 0 unspecified atom stereocenters. The van der Waals surface area contributed by atoms with Crippen molar-refractivity contribution >= 4 is 80.3 Å². The number of esters is 1. The van der Waals surface area contributed by atoms with Gasteiger partial charge in [-0.3, -0.25) is 4.79 Å². The monoisotopic (exact) mass is 1510 g/mol. The second-order valence-electron chi connectivity index (χ2n) is 36.8. The second kappa shape index (κ2) is 25.4. The number of rotatable bonds is 22. The molecule has 111 heavy (non-hydrogen) atoms. The molecular weight excluding hydrogens is 1410 g/mol. The van der Waals surface area contributed by atoms with Crippen molar-refractivity contribution in [1.29, 1.82) is 0 Å². The van der Waals surface area contributed by atoms with Crippen LogP contribution in [0.3, 0.4) is 0 Å². The molecule has 21 rings (SSSR count). The Morgan fingerprint density at radius 1 is 0.378 bits per heavy atom. The minimum absolute atomic E-state index is 0.0554. The Morgan fingerprint density at radius 2 is 0.757 bits per heavy atom. The number of ether oxygens (including phenoxy) is 2. The Kier molecular flexibility index (Phi) is 16.2. The van der Waals surface area contributed by atoms with E-state index in [1.807, 2.05) is 34.0 Å². The first kappa shape index (κ1) is 70.7. The lowest BCUT2D eigenvalue weighted by atomic mass is 9.54.